The third-order valence-electron chi connectivity index (χ3n) is 5.90. The van der Waals surface area contributed by atoms with Gasteiger partial charge >= 0.3 is 5.69 Å². The molecule has 2 aromatic carbocycles. The van der Waals surface area contributed by atoms with E-state index >= 15 is 0 Å². The number of halogens is 1. The highest BCUT2D eigenvalue weighted by atomic mass is 19.1. The molecule has 0 aliphatic heterocycles. The predicted octanol–water partition coefficient (Wildman–Crippen LogP) is 4.91. The minimum atomic E-state index is -0.323. The third kappa shape index (κ3) is 2.98. The Morgan fingerprint density at radius 2 is 1.94 bits per heavy atom. The number of rotatable bonds is 4. The van der Waals surface area contributed by atoms with Crippen LogP contribution in [0, 0.1) is 19.7 Å². The van der Waals surface area contributed by atoms with Crippen LogP contribution in [0.25, 0.3) is 33.1 Å². The fraction of sp³-hybridized carbons (Fsp3) is 0.208. The van der Waals surface area contributed by atoms with Gasteiger partial charge in [-0.05, 0) is 50.6 Å². The maximum atomic E-state index is 13.4. The summed E-state index contributed by atoms with van der Waals surface area (Å²) in [7, 11) is 1.60. The second kappa shape index (κ2) is 7.33. The van der Waals surface area contributed by atoms with E-state index in [0.717, 1.165) is 27.8 Å². The Balaban J connectivity index is 1.80. The highest BCUT2D eigenvalue weighted by molar-refractivity contribution is 6.04. The number of pyridine rings is 1. The molecule has 0 radical (unpaired) electrons. The van der Waals surface area contributed by atoms with Crippen LogP contribution in [-0.4, -0.2) is 26.8 Å². The Morgan fingerprint density at radius 3 is 2.59 bits per heavy atom. The lowest BCUT2D eigenvalue weighted by Crippen LogP contribution is -2.21. The lowest BCUT2D eigenvalue weighted by atomic mass is 10.00. The summed E-state index contributed by atoms with van der Waals surface area (Å²) in [6.07, 6.45) is 1.65. The molecular weight excluding hydrogens is 411 g/mol. The van der Waals surface area contributed by atoms with E-state index in [1.165, 1.54) is 12.1 Å². The second-order valence-corrected chi connectivity index (χ2v) is 7.82. The number of hydrogen-bond acceptors (Lipinski definition) is 5. The summed E-state index contributed by atoms with van der Waals surface area (Å²) in [6, 6.07) is 9.64. The molecule has 0 unspecified atom stereocenters. The highest BCUT2D eigenvalue weighted by Gasteiger charge is 2.21. The van der Waals surface area contributed by atoms with E-state index in [1.54, 1.807) is 30.0 Å². The van der Waals surface area contributed by atoms with Crippen LogP contribution in [0.3, 0.4) is 0 Å². The quantitative estimate of drug-likeness (QED) is 0.436. The molecule has 5 rings (SSSR count). The van der Waals surface area contributed by atoms with Crippen LogP contribution in [0.4, 0.5) is 4.39 Å². The average molecular weight is 432 g/mol. The maximum Gasteiger partial charge on any atom is 0.327 e. The van der Waals surface area contributed by atoms with E-state index in [4.69, 9.17) is 9.26 Å². The first-order valence-electron chi connectivity index (χ1n) is 10.2. The van der Waals surface area contributed by atoms with Crippen LogP contribution in [0.1, 0.15) is 30.0 Å². The van der Waals surface area contributed by atoms with Gasteiger partial charge in [0.2, 0.25) is 0 Å². The molecule has 162 valence electrons. The summed E-state index contributed by atoms with van der Waals surface area (Å²) in [6.45, 7) is 5.63. The Bertz CT molecular complexity index is 1510. The van der Waals surface area contributed by atoms with Crippen molar-refractivity contribution >= 4 is 21.9 Å². The van der Waals surface area contributed by atoms with Crippen molar-refractivity contribution in [1.29, 1.82) is 0 Å². The van der Waals surface area contributed by atoms with Gasteiger partial charge in [0.05, 0.1) is 47.2 Å². The van der Waals surface area contributed by atoms with E-state index in [9.17, 15) is 9.18 Å². The number of aryl methyl sites for hydroxylation is 2. The largest absolute Gasteiger partial charge is 0.496 e. The number of hydrogen-bond donors (Lipinski definition) is 1. The first-order chi connectivity index (χ1) is 15.4. The lowest BCUT2D eigenvalue weighted by Gasteiger charge is -2.16. The third-order valence-corrected chi connectivity index (χ3v) is 5.90. The lowest BCUT2D eigenvalue weighted by molar-refractivity contribution is 0.393. The molecule has 1 N–H and O–H groups in total. The molecule has 3 heterocycles. The topological polar surface area (TPSA) is 85.9 Å². The Labute approximate surface area is 182 Å². The zero-order valence-corrected chi connectivity index (χ0v) is 18.1. The number of imidazole rings is 1. The molecule has 7 nitrogen and oxygen atoms in total. The summed E-state index contributed by atoms with van der Waals surface area (Å²) in [5.74, 6) is 0.985. The Kier molecular flexibility index (Phi) is 4.58. The van der Waals surface area contributed by atoms with Gasteiger partial charge in [-0.25, -0.2) is 9.18 Å². The van der Waals surface area contributed by atoms with Gasteiger partial charge < -0.3 is 14.2 Å². The summed E-state index contributed by atoms with van der Waals surface area (Å²) in [5, 5.41) is 4.82. The number of ether oxygens (including phenoxy) is 1. The molecule has 3 aromatic heterocycles. The summed E-state index contributed by atoms with van der Waals surface area (Å²) >= 11 is 0. The summed E-state index contributed by atoms with van der Waals surface area (Å²) < 4.78 is 26.1. The zero-order chi connectivity index (χ0) is 22.6. The number of nitrogens with zero attached hydrogens (tertiary/aromatic N) is 3. The maximum absolute atomic E-state index is 13.4. The SMILES string of the molecule is COc1cc2c(cc1-c1c(C)noc1C)ncc1[nH]c(=O)n([C@H](C)c3ccc(F)cc3)c12. The van der Waals surface area contributed by atoms with Gasteiger partial charge in [0, 0.05) is 10.9 Å². The van der Waals surface area contributed by atoms with Gasteiger partial charge in [-0.1, -0.05) is 17.3 Å². The van der Waals surface area contributed by atoms with E-state index in [2.05, 4.69) is 15.1 Å². The monoisotopic (exact) mass is 432 g/mol. The molecule has 0 saturated carbocycles. The van der Waals surface area contributed by atoms with Gasteiger partial charge in [0.15, 0.2) is 0 Å². The van der Waals surface area contributed by atoms with Gasteiger partial charge in [0.25, 0.3) is 0 Å². The van der Waals surface area contributed by atoms with E-state index < -0.39 is 0 Å². The first-order valence-corrected chi connectivity index (χ1v) is 10.2. The highest BCUT2D eigenvalue weighted by Crippen LogP contribution is 2.39. The molecule has 0 spiro atoms. The molecule has 5 aromatic rings. The number of methoxy groups -OCH3 is 1. The van der Waals surface area contributed by atoms with Crippen LogP contribution in [0.2, 0.25) is 0 Å². The summed E-state index contributed by atoms with van der Waals surface area (Å²) in [4.78, 5) is 20.4. The van der Waals surface area contributed by atoms with Crippen molar-refractivity contribution < 1.29 is 13.7 Å². The molecule has 0 aliphatic rings. The second-order valence-electron chi connectivity index (χ2n) is 7.82. The van der Waals surface area contributed by atoms with Crippen molar-refractivity contribution in [3.8, 4) is 16.9 Å². The molecule has 0 aliphatic carbocycles. The van der Waals surface area contributed by atoms with E-state index in [1.807, 2.05) is 32.9 Å². The number of fused-ring (bicyclic) bond motifs is 3. The minimum absolute atomic E-state index is 0.264. The number of nitrogens with one attached hydrogen (secondary N) is 1. The van der Waals surface area contributed by atoms with Crippen molar-refractivity contribution in [2.75, 3.05) is 7.11 Å². The van der Waals surface area contributed by atoms with E-state index in [0.29, 0.717) is 28.1 Å². The molecule has 0 fully saturated rings. The Hall–Kier alpha value is -3.94. The predicted molar refractivity (Wildman–Crippen MR) is 120 cm³/mol. The van der Waals surface area contributed by atoms with Crippen molar-refractivity contribution in [2.24, 2.45) is 0 Å². The van der Waals surface area contributed by atoms with Gasteiger partial charge in [-0.15, -0.1) is 0 Å². The van der Waals surface area contributed by atoms with Crippen molar-refractivity contribution in [2.45, 2.75) is 26.8 Å². The summed E-state index contributed by atoms with van der Waals surface area (Å²) in [5.41, 5.74) is 5.01. The van der Waals surface area contributed by atoms with Crippen molar-refractivity contribution in [3.63, 3.8) is 0 Å². The molecule has 8 heteroatoms. The molecule has 0 saturated heterocycles. The zero-order valence-electron chi connectivity index (χ0n) is 18.1. The van der Waals surface area contributed by atoms with Crippen LogP contribution in [-0.2, 0) is 0 Å². The standard InChI is InChI=1S/C24H21FN4O3/c1-12-22(14(3)32-28-12)18-9-19-17(10-21(18)31-4)23-20(11-26-19)27-24(30)29(23)13(2)15-5-7-16(25)8-6-15/h5-11,13H,1-4H3,(H,27,30)/t13-/m1/s1. The normalized spacial score (nSPS) is 12.5. The van der Waals surface area contributed by atoms with Crippen LogP contribution in [0.5, 0.6) is 5.75 Å². The first kappa shape index (κ1) is 20.0. The van der Waals surface area contributed by atoms with Crippen molar-refractivity contribution in [1.82, 2.24) is 19.7 Å². The molecule has 32 heavy (non-hydrogen) atoms. The fourth-order valence-electron chi connectivity index (χ4n) is 4.32. The van der Waals surface area contributed by atoms with Crippen LogP contribution < -0.4 is 10.4 Å². The molecule has 1 atom stereocenters. The number of benzene rings is 2. The Morgan fingerprint density at radius 1 is 1.19 bits per heavy atom. The van der Waals surface area contributed by atoms with Crippen molar-refractivity contribution in [3.05, 3.63) is 75.9 Å². The number of aromatic amines is 1. The minimum Gasteiger partial charge on any atom is -0.496 e. The molecule has 0 bridgehead atoms. The molecular formula is C24H21FN4O3. The molecule has 0 amide bonds. The number of H-pyrrole nitrogens is 1. The van der Waals surface area contributed by atoms with Gasteiger partial charge in [0.1, 0.15) is 17.3 Å². The van der Waals surface area contributed by atoms with Crippen LogP contribution >= 0.6 is 0 Å². The van der Waals surface area contributed by atoms with Gasteiger partial charge in [-0.2, -0.15) is 0 Å². The van der Waals surface area contributed by atoms with Crippen LogP contribution in [0.15, 0.2) is 51.9 Å². The van der Waals surface area contributed by atoms with Gasteiger partial charge in [-0.3, -0.25) is 9.55 Å². The number of aromatic nitrogens is 4. The van der Waals surface area contributed by atoms with E-state index in [-0.39, 0.29) is 17.5 Å². The fourth-order valence-corrected chi connectivity index (χ4v) is 4.32. The smallest absolute Gasteiger partial charge is 0.327 e. The average Bonchev–Trinajstić information content (AvgIpc) is 3.30.